The first-order chi connectivity index (χ1) is 13.9. The normalized spacial score (nSPS) is 10.1. The van der Waals surface area contributed by atoms with Gasteiger partial charge in [-0.1, -0.05) is 24.3 Å². The van der Waals surface area contributed by atoms with Gasteiger partial charge < -0.3 is 0 Å². The van der Waals surface area contributed by atoms with Crippen LogP contribution in [-0.2, 0) is 0 Å². The van der Waals surface area contributed by atoms with Gasteiger partial charge >= 0.3 is 0 Å². The highest BCUT2D eigenvalue weighted by Gasteiger charge is 2.12. The van der Waals surface area contributed by atoms with E-state index in [1.165, 1.54) is 0 Å². The van der Waals surface area contributed by atoms with E-state index in [9.17, 15) is 0 Å². The zero-order valence-corrected chi connectivity index (χ0v) is 14.9. The highest BCUT2D eigenvalue weighted by Crippen LogP contribution is 2.10. The molecule has 28 heavy (non-hydrogen) atoms. The lowest BCUT2D eigenvalue weighted by molar-refractivity contribution is 1.15. The van der Waals surface area contributed by atoms with Crippen LogP contribution in [0.4, 0.5) is 0 Å². The molecule has 0 amide bonds. The predicted octanol–water partition coefficient (Wildman–Crippen LogP) is 3.56. The Balaban J connectivity index is 1.87. The van der Waals surface area contributed by atoms with Crippen molar-refractivity contribution in [3.63, 3.8) is 0 Å². The Morgan fingerprint density at radius 1 is 0.429 bits per heavy atom. The van der Waals surface area contributed by atoms with E-state index < -0.39 is 0 Å². The predicted molar refractivity (Wildman–Crippen MR) is 108 cm³/mol. The maximum Gasteiger partial charge on any atom is 0.137 e. The molecule has 0 aromatic carbocycles. The zero-order valence-electron chi connectivity index (χ0n) is 14.9. The van der Waals surface area contributed by atoms with Crippen LogP contribution in [0.25, 0.3) is 0 Å². The Morgan fingerprint density at radius 2 is 0.714 bits per heavy atom. The fourth-order valence-corrected chi connectivity index (χ4v) is 2.58. The number of pyridine rings is 4. The van der Waals surface area contributed by atoms with Gasteiger partial charge in [0.15, 0.2) is 0 Å². The van der Waals surface area contributed by atoms with Crippen LogP contribution in [0.5, 0.6) is 0 Å². The van der Waals surface area contributed by atoms with Crippen LogP contribution in [-0.4, -0.2) is 31.4 Å². The SMILES string of the molecule is c1ccc(C(=NN=C(c2ccccn2)c2ccccn2)c2ccccn2)nc1. The van der Waals surface area contributed by atoms with Crippen LogP contribution in [0.3, 0.4) is 0 Å². The van der Waals surface area contributed by atoms with Crippen LogP contribution in [0.1, 0.15) is 22.8 Å². The second-order valence-corrected chi connectivity index (χ2v) is 5.76. The Labute approximate surface area is 162 Å². The second-order valence-electron chi connectivity index (χ2n) is 5.76. The summed E-state index contributed by atoms with van der Waals surface area (Å²) in [5.41, 5.74) is 3.89. The lowest BCUT2D eigenvalue weighted by atomic mass is 10.1. The summed E-state index contributed by atoms with van der Waals surface area (Å²) in [6, 6.07) is 22.6. The van der Waals surface area contributed by atoms with Gasteiger partial charge in [0, 0.05) is 24.8 Å². The van der Waals surface area contributed by atoms with Gasteiger partial charge in [0.25, 0.3) is 0 Å². The highest BCUT2D eigenvalue weighted by atomic mass is 15.2. The molecule has 0 atom stereocenters. The number of nitrogens with zero attached hydrogens (tertiary/aromatic N) is 6. The molecule has 0 N–H and O–H groups in total. The smallest absolute Gasteiger partial charge is 0.137 e. The summed E-state index contributed by atoms with van der Waals surface area (Å²) in [5, 5.41) is 9.03. The van der Waals surface area contributed by atoms with Crippen molar-refractivity contribution in [2.75, 3.05) is 0 Å². The van der Waals surface area contributed by atoms with Gasteiger partial charge in [-0.15, -0.1) is 10.2 Å². The molecule has 4 aromatic rings. The lowest BCUT2D eigenvalue weighted by Gasteiger charge is -2.06. The number of hydrogen-bond acceptors (Lipinski definition) is 6. The van der Waals surface area contributed by atoms with Crippen LogP contribution >= 0.6 is 0 Å². The summed E-state index contributed by atoms with van der Waals surface area (Å²) in [5.74, 6) is 0. The van der Waals surface area contributed by atoms with E-state index in [1.54, 1.807) is 24.8 Å². The Hall–Kier alpha value is -4.06. The Kier molecular flexibility index (Phi) is 5.30. The maximum absolute atomic E-state index is 4.52. The Bertz CT molecular complexity index is 905. The molecule has 0 spiro atoms. The molecule has 0 fully saturated rings. The van der Waals surface area contributed by atoms with Crippen molar-refractivity contribution < 1.29 is 0 Å². The first kappa shape index (κ1) is 17.4. The second kappa shape index (κ2) is 8.55. The number of aromatic nitrogens is 4. The third-order valence-corrected chi connectivity index (χ3v) is 3.88. The molecule has 6 heteroatoms. The average molecular weight is 364 g/mol. The van der Waals surface area contributed by atoms with E-state index in [4.69, 9.17) is 0 Å². The molecular formula is C22H16N6. The third-order valence-electron chi connectivity index (χ3n) is 3.88. The van der Waals surface area contributed by atoms with E-state index in [0.29, 0.717) is 34.2 Å². The van der Waals surface area contributed by atoms with E-state index >= 15 is 0 Å². The van der Waals surface area contributed by atoms with Crippen LogP contribution in [0.15, 0.2) is 108 Å². The molecule has 0 unspecified atom stereocenters. The molecule has 4 aromatic heterocycles. The van der Waals surface area contributed by atoms with E-state index in [0.717, 1.165) is 0 Å². The number of rotatable bonds is 5. The molecule has 0 bridgehead atoms. The summed E-state index contributed by atoms with van der Waals surface area (Å²) in [6.07, 6.45) is 6.87. The van der Waals surface area contributed by atoms with E-state index in [1.807, 2.05) is 72.8 Å². The molecular weight excluding hydrogens is 348 g/mol. The largest absolute Gasteiger partial charge is 0.254 e. The van der Waals surface area contributed by atoms with Gasteiger partial charge in [0.05, 0.1) is 22.8 Å². The molecule has 0 aliphatic carbocycles. The van der Waals surface area contributed by atoms with Crippen molar-refractivity contribution in [1.29, 1.82) is 0 Å². The maximum atomic E-state index is 4.52. The first-order valence-electron chi connectivity index (χ1n) is 8.73. The molecule has 0 aliphatic rings. The van der Waals surface area contributed by atoms with Gasteiger partial charge in [0.2, 0.25) is 0 Å². The molecule has 0 aliphatic heterocycles. The summed E-state index contributed by atoms with van der Waals surface area (Å²) in [6.45, 7) is 0. The van der Waals surface area contributed by atoms with Gasteiger partial charge in [-0.05, 0) is 48.5 Å². The van der Waals surface area contributed by atoms with Gasteiger partial charge in [-0.25, -0.2) is 0 Å². The van der Waals surface area contributed by atoms with E-state index in [2.05, 4.69) is 30.1 Å². The standard InChI is InChI=1S/C22H16N6/c1-5-13-23-17(9-1)21(18-10-2-6-14-24-18)27-28-22(19-11-3-7-15-25-19)20-12-4-8-16-26-20/h1-16H. The minimum Gasteiger partial charge on any atom is -0.254 e. The van der Waals surface area contributed by atoms with Crippen LogP contribution in [0.2, 0.25) is 0 Å². The fourth-order valence-electron chi connectivity index (χ4n) is 2.58. The van der Waals surface area contributed by atoms with Crippen molar-refractivity contribution in [2.24, 2.45) is 10.2 Å². The van der Waals surface area contributed by atoms with Crippen molar-refractivity contribution in [1.82, 2.24) is 19.9 Å². The van der Waals surface area contributed by atoms with Crippen LogP contribution in [0, 0.1) is 0 Å². The molecule has 0 radical (unpaired) electrons. The van der Waals surface area contributed by atoms with Crippen LogP contribution < -0.4 is 0 Å². The quantitative estimate of drug-likeness (QED) is 0.401. The minimum atomic E-state index is 0.575. The van der Waals surface area contributed by atoms with Gasteiger partial charge in [-0.2, -0.15) is 0 Å². The van der Waals surface area contributed by atoms with Gasteiger partial charge in [-0.3, -0.25) is 19.9 Å². The van der Waals surface area contributed by atoms with Crippen molar-refractivity contribution in [3.05, 3.63) is 120 Å². The summed E-state index contributed by atoms with van der Waals surface area (Å²) in [4.78, 5) is 17.6. The molecule has 0 saturated heterocycles. The van der Waals surface area contributed by atoms with Crippen molar-refractivity contribution in [2.45, 2.75) is 0 Å². The fraction of sp³-hybridized carbons (Fsp3) is 0. The minimum absolute atomic E-state index is 0.575. The molecule has 4 rings (SSSR count). The third kappa shape index (κ3) is 4.02. The Morgan fingerprint density at radius 3 is 0.929 bits per heavy atom. The van der Waals surface area contributed by atoms with E-state index in [-0.39, 0.29) is 0 Å². The molecule has 0 saturated carbocycles. The lowest BCUT2D eigenvalue weighted by Crippen LogP contribution is -2.10. The summed E-state index contributed by atoms with van der Waals surface area (Å²) in [7, 11) is 0. The number of hydrogen-bond donors (Lipinski definition) is 0. The molecule has 134 valence electrons. The van der Waals surface area contributed by atoms with Crippen molar-refractivity contribution in [3.8, 4) is 0 Å². The highest BCUT2D eigenvalue weighted by molar-refractivity contribution is 6.13. The van der Waals surface area contributed by atoms with Gasteiger partial charge in [0.1, 0.15) is 11.4 Å². The topological polar surface area (TPSA) is 76.3 Å². The summed E-state index contributed by atoms with van der Waals surface area (Å²) >= 11 is 0. The summed E-state index contributed by atoms with van der Waals surface area (Å²) < 4.78 is 0. The van der Waals surface area contributed by atoms with Crippen molar-refractivity contribution >= 4 is 11.4 Å². The average Bonchev–Trinajstić information content (AvgIpc) is 2.79. The molecule has 4 heterocycles. The first-order valence-corrected chi connectivity index (χ1v) is 8.73. The molecule has 6 nitrogen and oxygen atoms in total. The zero-order chi connectivity index (χ0) is 19.0. The monoisotopic (exact) mass is 364 g/mol.